The average molecular weight is 335 g/mol. The minimum Gasteiger partial charge on any atom is -0.298 e. The van der Waals surface area contributed by atoms with Crippen molar-refractivity contribution in [1.29, 1.82) is 0 Å². The van der Waals surface area contributed by atoms with Crippen LogP contribution >= 0.6 is 22.9 Å². The summed E-state index contributed by atoms with van der Waals surface area (Å²) in [6.07, 6.45) is 0. The van der Waals surface area contributed by atoms with Crippen LogP contribution in [0.3, 0.4) is 0 Å². The fourth-order valence-corrected chi connectivity index (χ4v) is 3.46. The van der Waals surface area contributed by atoms with E-state index in [0.29, 0.717) is 5.13 Å². The Labute approximate surface area is 135 Å². The molecule has 112 valence electrons. The van der Waals surface area contributed by atoms with Crippen LogP contribution in [0.5, 0.6) is 0 Å². The number of amides is 1. The van der Waals surface area contributed by atoms with E-state index >= 15 is 0 Å². The van der Waals surface area contributed by atoms with Gasteiger partial charge < -0.3 is 0 Å². The molecule has 0 saturated carbocycles. The van der Waals surface area contributed by atoms with Crippen LogP contribution < -0.4 is 5.32 Å². The topological polar surface area (TPSA) is 42.0 Å². The number of carbonyl (C=O) groups excluding carboxylic acids is 1. The lowest BCUT2D eigenvalue weighted by atomic mass is 10.1. The number of nitrogens with zero attached hydrogens (tertiary/aromatic N) is 1. The van der Waals surface area contributed by atoms with E-state index in [9.17, 15) is 9.18 Å². The molecule has 2 aromatic carbocycles. The van der Waals surface area contributed by atoms with Gasteiger partial charge in [0.25, 0.3) is 5.91 Å². The van der Waals surface area contributed by atoms with Crippen molar-refractivity contribution in [2.75, 3.05) is 5.32 Å². The number of rotatable bonds is 2. The fraction of sp³-hybridized carbons (Fsp3) is 0.125. The lowest BCUT2D eigenvalue weighted by molar-refractivity contribution is 0.102. The van der Waals surface area contributed by atoms with Crippen LogP contribution in [0.4, 0.5) is 9.52 Å². The van der Waals surface area contributed by atoms with Gasteiger partial charge in [-0.15, -0.1) is 0 Å². The van der Waals surface area contributed by atoms with Gasteiger partial charge in [-0.05, 0) is 43.2 Å². The van der Waals surface area contributed by atoms with Crippen LogP contribution in [0.2, 0.25) is 5.02 Å². The number of aromatic nitrogens is 1. The zero-order chi connectivity index (χ0) is 15.9. The third-order valence-corrected chi connectivity index (χ3v) is 4.67. The maximum Gasteiger partial charge on any atom is 0.261 e. The fourth-order valence-electron chi connectivity index (χ4n) is 2.30. The third kappa shape index (κ3) is 2.69. The molecule has 0 aliphatic rings. The van der Waals surface area contributed by atoms with Crippen molar-refractivity contribution in [3.05, 3.63) is 57.9 Å². The van der Waals surface area contributed by atoms with Crippen molar-refractivity contribution in [1.82, 2.24) is 4.98 Å². The number of nitrogens with one attached hydrogen (secondary N) is 1. The van der Waals surface area contributed by atoms with Crippen molar-refractivity contribution in [2.45, 2.75) is 13.8 Å². The van der Waals surface area contributed by atoms with E-state index in [-0.39, 0.29) is 10.6 Å². The number of carbonyl (C=O) groups is 1. The Morgan fingerprint density at radius 2 is 2.09 bits per heavy atom. The molecule has 1 amide bonds. The molecule has 0 aliphatic carbocycles. The Bertz CT molecular complexity index is 871. The van der Waals surface area contributed by atoms with Gasteiger partial charge in [0.05, 0.1) is 20.8 Å². The number of hydrogen-bond acceptors (Lipinski definition) is 3. The number of halogens is 2. The largest absolute Gasteiger partial charge is 0.298 e. The summed E-state index contributed by atoms with van der Waals surface area (Å²) in [6.45, 7) is 3.98. The van der Waals surface area contributed by atoms with Crippen LogP contribution in [0.1, 0.15) is 21.5 Å². The number of hydrogen-bond donors (Lipinski definition) is 1. The Morgan fingerprint density at radius 1 is 1.32 bits per heavy atom. The van der Waals surface area contributed by atoms with E-state index in [4.69, 9.17) is 11.6 Å². The highest BCUT2D eigenvalue weighted by Gasteiger charge is 2.17. The molecule has 0 radical (unpaired) electrons. The molecule has 6 heteroatoms. The number of aryl methyl sites for hydroxylation is 2. The van der Waals surface area contributed by atoms with Crippen molar-refractivity contribution >= 4 is 44.2 Å². The molecule has 3 rings (SSSR count). The minimum absolute atomic E-state index is 0.0747. The Morgan fingerprint density at radius 3 is 2.82 bits per heavy atom. The molecule has 0 atom stereocenters. The second-order valence-corrected chi connectivity index (χ2v) is 6.41. The molecule has 0 aliphatic heterocycles. The standard InChI is InChI=1S/C16H12ClFN2OS/c1-8-6-9(2)14-12(7-8)19-16(22-14)20-15(21)13-10(17)4-3-5-11(13)18/h3-7H,1-2H3,(H,19,20,21). The molecular formula is C16H12ClFN2OS. The van der Waals surface area contributed by atoms with Crippen molar-refractivity contribution in [2.24, 2.45) is 0 Å². The summed E-state index contributed by atoms with van der Waals surface area (Å²) < 4.78 is 14.8. The van der Waals surface area contributed by atoms with Crippen LogP contribution in [-0.4, -0.2) is 10.9 Å². The van der Waals surface area contributed by atoms with Crippen molar-refractivity contribution in [3.8, 4) is 0 Å². The molecule has 0 spiro atoms. The summed E-state index contributed by atoms with van der Waals surface area (Å²) in [5.41, 5.74) is 2.84. The SMILES string of the molecule is Cc1cc(C)c2sc(NC(=O)c3c(F)cccc3Cl)nc2c1. The lowest BCUT2D eigenvalue weighted by Crippen LogP contribution is -2.14. The van der Waals surface area contributed by atoms with Crippen LogP contribution in [0, 0.1) is 19.7 Å². The van der Waals surface area contributed by atoms with Gasteiger partial charge in [-0.2, -0.15) is 0 Å². The normalized spacial score (nSPS) is 10.9. The highest BCUT2D eigenvalue weighted by atomic mass is 35.5. The van der Waals surface area contributed by atoms with Gasteiger partial charge in [-0.1, -0.05) is 35.1 Å². The number of thiazole rings is 1. The Kier molecular flexibility index (Phi) is 3.85. The van der Waals surface area contributed by atoms with Crippen LogP contribution in [0.25, 0.3) is 10.2 Å². The first-order valence-electron chi connectivity index (χ1n) is 6.59. The van der Waals surface area contributed by atoms with E-state index in [1.54, 1.807) is 0 Å². The summed E-state index contributed by atoms with van der Waals surface area (Å²) in [4.78, 5) is 16.6. The molecule has 0 unspecified atom stereocenters. The molecule has 0 saturated heterocycles. The summed E-state index contributed by atoms with van der Waals surface area (Å²) in [6, 6.07) is 8.14. The second kappa shape index (κ2) is 5.66. The van der Waals surface area contributed by atoms with Gasteiger partial charge in [0.15, 0.2) is 5.13 Å². The molecule has 0 fully saturated rings. The van der Waals surface area contributed by atoms with Crippen LogP contribution in [-0.2, 0) is 0 Å². The van der Waals surface area contributed by atoms with Gasteiger partial charge in [0, 0.05) is 0 Å². The van der Waals surface area contributed by atoms with Crippen molar-refractivity contribution < 1.29 is 9.18 Å². The number of benzene rings is 2. The highest BCUT2D eigenvalue weighted by molar-refractivity contribution is 7.22. The Balaban J connectivity index is 1.96. The molecule has 3 nitrogen and oxygen atoms in total. The maximum atomic E-state index is 13.8. The van der Waals surface area contributed by atoms with E-state index in [1.165, 1.54) is 29.5 Å². The molecule has 1 N–H and O–H groups in total. The minimum atomic E-state index is -0.655. The molecule has 3 aromatic rings. The van der Waals surface area contributed by atoms with Crippen molar-refractivity contribution in [3.63, 3.8) is 0 Å². The van der Waals surface area contributed by atoms with E-state index in [0.717, 1.165) is 21.3 Å². The summed E-state index contributed by atoms with van der Waals surface area (Å²) in [7, 11) is 0. The molecule has 1 aromatic heterocycles. The smallest absolute Gasteiger partial charge is 0.261 e. The summed E-state index contributed by atoms with van der Waals surface area (Å²) in [5.74, 6) is -1.25. The predicted octanol–water partition coefficient (Wildman–Crippen LogP) is 4.96. The predicted molar refractivity (Wildman–Crippen MR) is 88.5 cm³/mol. The van der Waals surface area contributed by atoms with Gasteiger partial charge in [-0.25, -0.2) is 9.37 Å². The first-order chi connectivity index (χ1) is 10.5. The molecule has 1 heterocycles. The Hall–Kier alpha value is -1.98. The van der Waals surface area contributed by atoms with E-state index in [2.05, 4.69) is 16.4 Å². The molecule has 0 bridgehead atoms. The monoisotopic (exact) mass is 334 g/mol. The van der Waals surface area contributed by atoms with E-state index < -0.39 is 11.7 Å². The summed E-state index contributed by atoms with van der Waals surface area (Å²) >= 11 is 7.26. The number of fused-ring (bicyclic) bond motifs is 1. The van der Waals surface area contributed by atoms with Gasteiger partial charge in [-0.3, -0.25) is 10.1 Å². The second-order valence-electron chi connectivity index (χ2n) is 5.00. The van der Waals surface area contributed by atoms with Gasteiger partial charge in [0.2, 0.25) is 0 Å². The maximum absolute atomic E-state index is 13.8. The average Bonchev–Trinajstić information content (AvgIpc) is 2.81. The lowest BCUT2D eigenvalue weighted by Gasteiger charge is -2.04. The van der Waals surface area contributed by atoms with Crippen LogP contribution in [0.15, 0.2) is 30.3 Å². The third-order valence-electron chi connectivity index (χ3n) is 3.23. The molecular weight excluding hydrogens is 323 g/mol. The first kappa shape index (κ1) is 14.9. The number of anilines is 1. The zero-order valence-corrected chi connectivity index (χ0v) is 13.5. The first-order valence-corrected chi connectivity index (χ1v) is 7.78. The van der Waals surface area contributed by atoms with Gasteiger partial charge in [0.1, 0.15) is 5.82 Å². The van der Waals surface area contributed by atoms with E-state index in [1.807, 2.05) is 19.9 Å². The van der Waals surface area contributed by atoms with Gasteiger partial charge >= 0.3 is 0 Å². The zero-order valence-electron chi connectivity index (χ0n) is 11.9. The molecule has 22 heavy (non-hydrogen) atoms. The quantitative estimate of drug-likeness (QED) is 0.719. The summed E-state index contributed by atoms with van der Waals surface area (Å²) in [5, 5.41) is 3.12. The highest BCUT2D eigenvalue weighted by Crippen LogP contribution is 2.30.